The molecule has 1 unspecified atom stereocenters. The summed E-state index contributed by atoms with van der Waals surface area (Å²) in [5.41, 5.74) is 0. The van der Waals surface area contributed by atoms with E-state index in [0.717, 1.165) is 26.3 Å². The van der Waals surface area contributed by atoms with Crippen molar-refractivity contribution in [2.45, 2.75) is 13.1 Å². The predicted octanol–water partition coefficient (Wildman–Crippen LogP) is -0.116. The second kappa shape index (κ2) is 3.91. The van der Waals surface area contributed by atoms with Gasteiger partial charge < -0.3 is 10.1 Å². The maximum Gasteiger partial charge on any atom is 0.0594 e. The standard InChI is InChI=1S/C7H16N2O/c1-7(8-2)9-3-5-10-6-4-9/h7-8H,3-6H2,1-2H3. The van der Waals surface area contributed by atoms with Gasteiger partial charge in [0, 0.05) is 13.1 Å². The van der Waals surface area contributed by atoms with Crippen LogP contribution < -0.4 is 5.32 Å². The summed E-state index contributed by atoms with van der Waals surface area (Å²) in [6.45, 7) is 6.05. The van der Waals surface area contributed by atoms with Crippen LogP contribution in [0.15, 0.2) is 0 Å². The van der Waals surface area contributed by atoms with Crippen LogP contribution >= 0.6 is 0 Å². The largest absolute Gasteiger partial charge is 0.379 e. The fourth-order valence-electron chi connectivity index (χ4n) is 1.15. The summed E-state index contributed by atoms with van der Waals surface area (Å²) in [6, 6.07) is 0. The molecule has 1 N–H and O–H groups in total. The predicted molar refractivity (Wildman–Crippen MR) is 40.9 cm³/mol. The third kappa shape index (κ3) is 1.94. The molecule has 0 aromatic heterocycles. The van der Waals surface area contributed by atoms with Crippen molar-refractivity contribution in [3.63, 3.8) is 0 Å². The molecule has 1 fully saturated rings. The molecule has 1 aliphatic heterocycles. The average Bonchev–Trinajstić information content (AvgIpc) is 2.05. The quantitative estimate of drug-likeness (QED) is 0.585. The molecule has 0 aromatic rings. The number of hydrogen-bond donors (Lipinski definition) is 1. The Morgan fingerprint density at radius 1 is 1.40 bits per heavy atom. The van der Waals surface area contributed by atoms with Crippen LogP contribution in [0.2, 0.25) is 0 Å². The van der Waals surface area contributed by atoms with Crippen molar-refractivity contribution < 1.29 is 4.74 Å². The van der Waals surface area contributed by atoms with Gasteiger partial charge in [-0.05, 0) is 14.0 Å². The smallest absolute Gasteiger partial charge is 0.0594 e. The van der Waals surface area contributed by atoms with Gasteiger partial charge in [0.1, 0.15) is 0 Å². The SMILES string of the molecule is CNC(C)N1CCOCC1. The van der Waals surface area contributed by atoms with Crippen LogP contribution in [0.4, 0.5) is 0 Å². The van der Waals surface area contributed by atoms with Crippen molar-refractivity contribution in [1.82, 2.24) is 10.2 Å². The third-order valence-electron chi connectivity index (χ3n) is 2.01. The Morgan fingerprint density at radius 2 is 2.00 bits per heavy atom. The highest BCUT2D eigenvalue weighted by Gasteiger charge is 2.14. The second-order valence-electron chi connectivity index (χ2n) is 2.61. The van der Waals surface area contributed by atoms with Crippen LogP contribution in [0, 0.1) is 0 Å². The third-order valence-corrected chi connectivity index (χ3v) is 2.01. The first-order valence-corrected chi connectivity index (χ1v) is 3.83. The maximum atomic E-state index is 5.22. The molecule has 1 heterocycles. The topological polar surface area (TPSA) is 24.5 Å². The number of ether oxygens (including phenoxy) is 1. The molecule has 0 aliphatic carbocycles. The molecule has 0 bridgehead atoms. The van der Waals surface area contributed by atoms with Gasteiger partial charge in [0.2, 0.25) is 0 Å². The fraction of sp³-hybridized carbons (Fsp3) is 1.00. The van der Waals surface area contributed by atoms with Gasteiger partial charge in [0.15, 0.2) is 0 Å². The summed E-state index contributed by atoms with van der Waals surface area (Å²) in [6.07, 6.45) is 0.490. The monoisotopic (exact) mass is 144 g/mol. The van der Waals surface area contributed by atoms with E-state index in [2.05, 4.69) is 17.1 Å². The molecule has 0 spiro atoms. The van der Waals surface area contributed by atoms with Crippen LogP contribution in [0.5, 0.6) is 0 Å². The molecule has 60 valence electrons. The molecular formula is C7H16N2O. The number of morpholine rings is 1. The van der Waals surface area contributed by atoms with Gasteiger partial charge in [-0.15, -0.1) is 0 Å². The summed E-state index contributed by atoms with van der Waals surface area (Å²) in [5.74, 6) is 0. The van der Waals surface area contributed by atoms with Crippen LogP contribution in [-0.4, -0.2) is 44.4 Å². The Labute approximate surface area is 62.3 Å². The van der Waals surface area contributed by atoms with Crippen LogP contribution in [0.3, 0.4) is 0 Å². The zero-order valence-electron chi connectivity index (χ0n) is 6.76. The van der Waals surface area contributed by atoms with E-state index >= 15 is 0 Å². The number of nitrogens with one attached hydrogen (secondary N) is 1. The van der Waals surface area contributed by atoms with Crippen LogP contribution in [-0.2, 0) is 4.74 Å². The fourth-order valence-corrected chi connectivity index (χ4v) is 1.15. The molecule has 3 nitrogen and oxygen atoms in total. The number of hydrogen-bond acceptors (Lipinski definition) is 3. The van der Waals surface area contributed by atoms with E-state index in [9.17, 15) is 0 Å². The van der Waals surface area contributed by atoms with E-state index in [0.29, 0.717) is 6.17 Å². The first-order chi connectivity index (χ1) is 4.84. The zero-order valence-corrected chi connectivity index (χ0v) is 6.76. The Balaban J connectivity index is 2.24. The van der Waals surface area contributed by atoms with E-state index in [4.69, 9.17) is 4.74 Å². The molecule has 1 rings (SSSR count). The Kier molecular flexibility index (Phi) is 3.12. The summed E-state index contributed by atoms with van der Waals surface area (Å²) in [4.78, 5) is 2.38. The summed E-state index contributed by atoms with van der Waals surface area (Å²) < 4.78 is 5.22. The van der Waals surface area contributed by atoms with Gasteiger partial charge in [-0.3, -0.25) is 4.90 Å². The lowest BCUT2D eigenvalue weighted by Gasteiger charge is -2.31. The van der Waals surface area contributed by atoms with Crippen molar-refractivity contribution >= 4 is 0 Å². The first-order valence-electron chi connectivity index (χ1n) is 3.83. The Morgan fingerprint density at radius 3 is 2.50 bits per heavy atom. The summed E-state index contributed by atoms with van der Waals surface area (Å²) in [7, 11) is 1.99. The molecule has 3 heteroatoms. The van der Waals surface area contributed by atoms with Gasteiger partial charge >= 0.3 is 0 Å². The molecule has 0 aromatic carbocycles. The highest BCUT2D eigenvalue weighted by atomic mass is 16.5. The van der Waals surface area contributed by atoms with E-state index in [-0.39, 0.29) is 0 Å². The van der Waals surface area contributed by atoms with Crippen molar-refractivity contribution in [2.75, 3.05) is 33.4 Å². The van der Waals surface area contributed by atoms with Gasteiger partial charge in [-0.25, -0.2) is 0 Å². The highest BCUT2D eigenvalue weighted by molar-refractivity contribution is 4.65. The minimum Gasteiger partial charge on any atom is -0.379 e. The van der Waals surface area contributed by atoms with Crippen molar-refractivity contribution in [3.8, 4) is 0 Å². The van der Waals surface area contributed by atoms with E-state index in [1.807, 2.05) is 7.05 Å². The molecule has 1 aliphatic rings. The van der Waals surface area contributed by atoms with E-state index < -0.39 is 0 Å². The van der Waals surface area contributed by atoms with Gasteiger partial charge in [0.05, 0.1) is 19.4 Å². The average molecular weight is 144 g/mol. The molecule has 1 atom stereocenters. The number of nitrogens with zero attached hydrogens (tertiary/aromatic N) is 1. The molecule has 0 radical (unpaired) electrons. The van der Waals surface area contributed by atoms with Crippen LogP contribution in [0.1, 0.15) is 6.92 Å². The minimum absolute atomic E-state index is 0.490. The van der Waals surface area contributed by atoms with Gasteiger partial charge in [0.25, 0.3) is 0 Å². The molecule has 0 amide bonds. The lowest BCUT2D eigenvalue weighted by Crippen LogP contribution is -2.47. The molecule has 1 saturated heterocycles. The zero-order chi connectivity index (χ0) is 7.40. The van der Waals surface area contributed by atoms with Crippen LogP contribution in [0.25, 0.3) is 0 Å². The lowest BCUT2D eigenvalue weighted by atomic mass is 10.4. The normalized spacial score (nSPS) is 24.6. The molecule has 10 heavy (non-hydrogen) atoms. The van der Waals surface area contributed by atoms with Crippen molar-refractivity contribution in [3.05, 3.63) is 0 Å². The molecule has 0 saturated carbocycles. The van der Waals surface area contributed by atoms with E-state index in [1.54, 1.807) is 0 Å². The maximum absolute atomic E-state index is 5.22. The summed E-state index contributed by atoms with van der Waals surface area (Å²) in [5, 5.41) is 3.20. The summed E-state index contributed by atoms with van der Waals surface area (Å²) >= 11 is 0. The Bertz CT molecular complexity index is 91.6. The van der Waals surface area contributed by atoms with Gasteiger partial charge in [-0.2, -0.15) is 0 Å². The van der Waals surface area contributed by atoms with Crippen molar-refractivity contribution in [1.29, 1.82) is 0 Å². The molecular weight excluding hydrogens is 128 g/mol. The highest BCUT2D eigenvalue weighted by Crippen LogP contribution is 1.99. The first kappa shape index (κ1) is 7.98. The lowest BCUT2D eigenvalue weighted by molar-refractivity contribution is 0.0149. The van der Waals surface area contributed by atoms with Crippen molar-refractivity contribution in [2.24, 2.45) is 0 Å². The Hall–Kier alpha value is -0.120. The second-order valence-corrected chi connectivity index (χ2v) is 2.61. The number of rotatable bonds is 2. The minimum atomic E-state index is 0.490. The van der Waals surface area contributed by atoms with E-state index in [1.165, 1.54) is 0 Å². The van der Waals surface area contributed by atoms with Gasteiger partial charge in [-0.1, -0.05) is 0 Å².